The standard InChI is InChI=1S/C47H31NS/c1-47(2)40-15-6-3-10-32(40)36-14-9-13-31(44(36)47)28-18-22-30(23-19-28)48-41-16-7-4-11-33(41)37-27-26-35-38(45(37)48)24-20-29-21-25-39-34-12-5-8-17-42(34)49-46(39)43(29)35/h3-27H,1-2H3. The van der Waals surface area contributed by atoms with Crippen molar-refractivity contribution in [1.29, 1.82) is 0 Å². The van der Waals surface area contributed by atoms with Gasteiger partial charge in [0, 0.05) is 52.8 Å². The summed E-state index contributed by atoms with van der Waals surface area (Å²) in [5.74, 6) is 0. The highest BCUT2D eigenvalue weighted by atomic mass is 32.1. The monoisotopic (exact) mass is 641 g/mol. The molecule has 0 aliphatic heterocycles. The molecule has 2 aromatic heterocycles. The van der Waals surface area contributed by atoms with Gasteiger partial charge < -0.3 is 4.57 Å². The molecule has 1 aliphatic rings. The molecule has 0 radical (unpaired) electrons. The molecule has 0 amide bonds. The van der Waals surface area contributed by atoms with Crippen molar-refractivity contribution in [3.05, 3.63) is 163 Å². The molecule has 0 saturated carbocycles. The van der Waals surface area contributed by atoms with Crippen LogP contribution in [0.2, 0.25) is 0 Å². The largest absolute Gasteiger partial charge is 0.309 e. The lowest BCUT2D eigenvalue weighted by atomic mass is 9.79. The number of thiophene rings is 1. The van der Waals surface area contributed by atoms with Crippen LogP contribution >= 0.6 is 11.3 Å². The van der Waals surface area contributed by atoms with Crippen LogP contribution in [0.3, 0.4) is 0 Å². The minimum absolute atomic E-state index is 0.0600. The summed E-state index contributed by atoms with van der Waals surface area (Å²) in [4.78, 5) is 0. The molecule has 10 aromatic rings. The van der Waals surface area contributed by atoms with Gasteiger partial charge in [-0.2, -0.15) is 0 Å². The molecule has 0 fully saturated rings. The Labute approximate surface area is 288 Å². The van der Waals surface area contributed by atoms with Gasteiger partial charge in [0.1, 0.15) is 0 Å². The van der Waals surface area contributed by atoms with Gasteiger partial charge in [-0.1, -0.05) is 141 Å². The van der Waals surface area contributed by atoms with E-state index in [-0.39, 0.29) is 5.41 Å². The third-order valence-electron chi connectivity index (χ3n) is 11.2. The maximum Gasteiger partial charge on any atom is 0.0619 e. The number of para-hydroxylation sites is 1. The molecule has 8 aromatic carbocycles. The van der Waals surface area contributed by atoms with Gasteiger partial charge in [0.15, 0.2) is 0 Å². The Morgan fingerprint density at radius 2 is 1.14 bits per heavy atom. The molecule has 0 saturated heterocycles. The summed E-state index contributed by atoms with van der Waals surface area (Å²) in [6.45, 7) is 4.74. The summed E-state index contributed by atoms with van der Waals surface area (Å²) >= 11 is 1.91. The van der Waals surface area contributed by atoms with E-state index >= 15 is 0 Å². The average molecular weight is 642 g/mol. The van der Waals surface area contributed by atoms with Gasteiger partial charge in [-0.05, 0) is 68.4 Å². The van der Waals surface area contributed by atoms with Crippen LogP contribution in [0.15, 0.2) is 152 Å². The van der Waals surface area contributed by atoms with E-state index < -0.39 is 0 Å². The number of hydrogen-bond acceptors (Lipinski definition) is 1. The second kappa shape index (κ2) is 9.69. The predicted octanol–water partition coefficient (Wildman–Crippen LogP) is 13.4. The minimum atomic E-state index is -0.0600. The number of hydrogen-bond donors (Lipinski definition) is 0. The molecule has 1 aliphatic carbocycles. The first-order valence-corrected chi connectivity index (χ1v) is 17.9. The smallest absolute Gasteiger partial charge is 0.0619 e. The molecule has 0 spiro atoms. The van der Waals surface area contributed by atoms with Gasteiger partial charge in [-0.15, -0.1) is 11.3 Å². The van der Waals surface area contributed by atoms with E-state index in [9.17, 15) is 0 Å². The molecule has 1 nitrogen and oxygen atoms in total. The molecular weight excluding hydrogens is 611 g/mol. The van der Waals surface area contributed by atoms with Crippen molar-refractivity contribution in [2.75, 3.05) is 0 Å². The van der Waals surface area contributed by atoms with E-state index in [2.05, 4.69) is 170 Å². The van der Waals surface area contributed by atoms with Crippen LogP contribution < -0.4 is 0 Å². The van der Waals surface area contributed by atoms with Crippen molar-refractivity contribution in [2.45, 2.75) is 19.3 Å². The number of aromatic nitrogens is 1. The Morgan fingerprint density at radius 1 is 0.490 bits per heavy atom. The second-order valence-electron chi connectivity index (χ2n) is 14.1. The Balaban J connectivity index is 1.15. The highest BCUT2D eigenvalue weighted by molar-refractivity contribution is 7.26. The summed E-state index contributed by atoms with van der Waals surface area (Å²) in [6.07, 6.45) is 0. The molecular formula is C47H31NS. The fraction of sp³-hybridized carbons (Fsp3) is 0.0638. The van der Waals surface area contributed by atoms with Crippen LogP contribution in [0.1, 0.15) is 25.0 Å². The summed E-state index contributed by atoms with van der Waals surface area (Å²) < 4.78 is 5.20. The van der Waals surface area contributed by atoms with Gasteiger partial charge in [0.05, 0.1) is 11.0 Å². The fourth-order valence-corrected chi connectivity index (χ4v) is 10.3. The van der Waals surface area contributed by atoms with Gasteiger partial charge in [-0.3, -0.25) is 0 Å². The molecule has 0 bridgehead atoms. The van der Waals surface area contributed by atoms with Gasteiger partial charge in [-0.25, -0.2) is 0 Å². The Hall–Kier alpha value is -5.70. The topological polar surface area (TPSA) is 4.93 Å². The van der Waals surface area contributed by atoms with Crippen molar-refractivity contribution in [2.24, 2.45) is 0 Å². The van der Waals surface area contributed by atoms with Crippen LogP contribution in [0.25, 0.3) is 91.5 Å². The zero-order chi connectivity index (χ0) is 32.4. The second-order valence-corrected chi connectivity index (χ2v) is 15.1. The lowest BCUT2D eigenvalue weighted by Gasteiger charge is -2.24. The van der Waals surface area contributed by atoms with Crippen LogP contribution in [0.5, 0.6) is 0 Å². The van der Waals surface area contributed by atoms with E-state index in [1.807, 2.05) is 11.3 Å². The average Bonchev–Trinajstić information content (AvgIpc) is 3.77. The zero-order valence-electron chi connectivity index (χ0n) is 27.3. The van der Waals surface area contributed by atoms with E-state index in [0.29, 0.717) is 0 Å². The van der Waals surface area contributed by atoms with Crippen LogP contribution in [-0.2, 0) is 5.41 Å². The zero-order valence-corrected chi connectivity index (χ0v) is 28.1. The first-order valence-electron chi connectivity index (χ1n) is 17.1. The minimum Gasteiger partial charge on any atom is -0.309 e. The lowest BCUT2D eigenvalue weighted by molar-refractivity contribution is 0.662. The van der Waals surface area contributed by atoms with E-state index in [1.54, 1.807) is 0 Å². The highest BCUT2D eigenvalue weighted by Crippen LogP contribution is 2.52. The molecule has 230 valence electrons. The molecule has 11 rings (SSSR count). The molecule has 0 N–H and O–H groups in total. The van der Waals surface area contributed by atoms with Crippen molar-refractivity contribution in [3.8, 4) is 27.9 Å². The Morgan fingerprint density at radius 3 is 2.02 bits per heavy atom. The van der Waals surface area contributed by atoms with Gasteiger partial charge >= 0.3 is 0 Å². The third kappa shape index (κ3) is 3.59. The van der Waals surface area contributed by atoms with Crippen LogP contribution in [-0.4, -0.2) is 4.57 Å². The first-order chi connectivity index (χ1) is 24.1. The molecule has 0 unspecified atom stereocenters. The van der Waals surface area contributed by atoms with E-state index in [1.165, 1.54) is 103 Å². The highest BCUT2D eigenvalue weighted by Gasteiger charge is 2.37. The summed E-state index contributed by atoms with van der Waals surface area (Å²) in [7, 11) is 0. The number of rotatable bonds is 2. The van der Waals surface area contributed by atoms with Crippen molar-refractivity contribution in [3.63, 3.8) is 0 Å². The van der Waals surface area contributed by atoms with Crippen molar-refractivity contribution >= 4 is 74.9 Å². The van der Waals surface area contributed by atoms with Gasteiger partial charge in [0.25, 0.3) is 0 Å². The third-order valence-corrected chi connectivity index (χ3v) is 12.4. The molecule has 2 heterocycles. The molecule has 2 heteroatoms. The molecule has 0 atom stereocenters. The number of fused-ring (bicyclic) bond motifs is 14. The normalized spacial score (nSPS) is 13.7. The quantitative estimate of drug-likeness (QED) is 0.166. The van der Waals surface area contributed by atoms with Crippen LogP contribution in [0.4, 0.5) is 0 Å². The summed E-state index contributed by atoms with van der Waals surface area (Å²) in [5, 5.41) is 10.5. The maximum absolute atomic E-state index is 2.49. The SMILES string of the molecule is CC1(C)c2ccccc2-c2cccc(-c3ccc(-n4c5ccccc5c5ccc6c(ccc7ccc8c9ccccc9sc8c76)c54)cc3)c21. The summed E-state index contributed by atoms with van der Waals surface area (Å²) in [6, 6.07) is 56.7. The fourth-order valence-electron chi connectivity index (χ4n) is 9.01. The first kappa shape index (κ1) is 27.3. The Bertz CT molecular complexity index is 3010. The van der Waals surface area contributed by atoms with E-state index in [4.69, 9.17) is 0 Å². The van der Waals surface area contributed by atoms with Crippen LogP contribution in [0, 0.1) is 0 Å². The Kier molecular flexibility index (Phi) is 5.39. The van der Waals surface area contributed by atoms with Crippen molar-refractivity contribution < 1.29 is 0 Å². The lowest BCUT2D eigenvalue weighted by Crippen LogP contribution is -2.16. The van der Waals surface area contributed by atoms with E-state index in [0.717, 1.165) is 0 Å². The molecule has 49 heavy (non-hydrogen) atoms. The maximum atomic E-state index is 2.49. The number of benzene rings is 8. The summed E-state index contributed by atoms with van der Waals surface area (Å²) in [5.41, 5.74) is 11.7. The van der Waals surface area contributed by atoms with Gasteiger partial charge in [0.2, 0.25) is 0 Å². The van der Waals surface area contributed by atoms with Crippen molar-refractivity contribution in [1.82, 2.24) is 4.57 Å². The predicted molar refractivity (Wildman–Crippen MR) is 212 cm³/mol. The number of nitrogens with zero attached hydrogens (tertiary/aromatic N) is 1.